The highest BCUT2D eigenvalue weighted by Crippen LogP contribution is 2.18. The number of hydrogen-bond acceptors (Lipinski definition) is 7. The molecule has 0 aliphatic heterocycles. The zero-order valence-corrected chi connectivity index (χ0v) is 12.2. The summed E-state index contributed by atoms with van der Waals surface area (Å²) in [5, 5.41) is 3.84. The van der Waals surface area contributed by atoms with E-state index >= 15 is 0 Å². The van der Waals surface area contributed by atoms with Gasteiger partial charge in [0.2, 0.25) is 15.8 Å². The maximum absolute atomic E-state index is 11.5. The summed E-state index contributed by atoms with van der Waals surface area (Å²) in [6, 6.07) is 7.60. The van der Waals surface area contributed by atoms with Gasteiger partial charge in [-0.05, 0) is 13.0 Å². The van der Waals surface area contributed by atoms with Crippen LogP contribution in [-0.4, -0.2) is 39.2 Å². The van der Waals surface area contributed by atoms with E-state index in [0.29, 0.717) is 5.82 Å². The number of nitrogens with two attached hydrogens (primary N) is 1. The molecule has 1 aromatic carbocycles. The fourth-order valence-corrected chi connectivity index (χ4v) is 2.36. The van der Waals surface area contributed by atoms with Gasteiger partial charge in [0, 0.05) is 11.8 Å². The van der Waals surface area contributed by atoms with Crippen LogP contribution in [0.1, 0.15) is 5.56 Å². The third kappa shape index (κ3) is 2.42. The van der Waals surface area contributed by atoms with Crippen LogP contribution in [0.3, 0.4) is 0 Å². The lowest BCUT2D eigenvalue weighted by atomic mass is 10.1. The van der Waals surface area contributed by atoms with Gasteiger partial charge in [0.25, 0.3) is 10.9 Å². The van der Waals surface area contributed by atoms with Gasteiger partial charge in [-0.2, -0.15) is 19.5 Å². The van der Waals surface area contributed by atoms with Crippen LogP contribution in [0.5, 0.6) is 0 Å². The van der Waals surface area contributed by atoms with E-state index in [9.17, 15) is 8.42 Å². The van der Waals surface area contributed by atoms with Gasteiger partial charge in [-0.3, -0.25) is 0 Å². The summed E-state index contributed by atoms with van der Waals surface area (Å²) in [6.45, 7) is 1.95. The molecule has 0 saturated heterocycles. The summed E-state index contributed by atoms with van der Waals surface area (Å²) < 4.78 is 24.2. The van der Waals surface area contributed by atoms with Crippen LogP contribution in [-0.2, 0) is 9.84 Å². The van der Waals surface area contributed by atoms with E-state index < -0.39 is 9.84 Å². The molecule has 21 heavy (non-hydrogen) atoms. The van der Waals surface area contributed by atoms with Crippen molar-refractivity contribution in [3.63, 3.8) is 0 Å². The largest absolute Gasteiger partial charge is 0.368 e. The molecule has 3 rings (SSSR count). The molecule has 0 aliphatic rings. The minimum absolute atomic E-state index is 0.0770. The van der Waals surface area contributed by atoms with Crippen molar-refractivity contribution >= 4 is 21.6 Å². The number of rotatable bonds is 2. The number of anilines is 1. The van der Waals surface area contributed by atoms with Gasteiger partial charge in [-0.1, -0.05) is 23.8 Å². The van der Waals surface area contributed by atoms with Crippen molar-refractivity contribution < 1.29 is 8.42 Å². The Balaban J connectivity index is 2.23. The highest BCUT2D eigenvalue weighted by molar-refractivity contribution is 7.90. The molecule has 0 spiro atoms. The number of fused-ring (bicyclic) bond motifs is 1. The molecule has 2 heterocycles. The highest BCUT2D eigenvalue weighted by Gasteiger charge is 2.17. The number of nitrogen functional groups attached to an aromatic ring is 1. The Morgan fingerprint density at radius 2 is 1.95 bits per heavy atom. The quantitative estimate of drug-likeness (QED) is 0.731. The molecular formula is C12H12N6O2S. The van der Waals surface area contributed by atoms with Crippen molar-refractivity contribution in [2.75, 3.05) is 12.0 Å². The van der Waals surface area contributed by atoms with E-state index in [1.54, 1.807) is 0 Å². The Morgan fingerprint density at radius 3 is 2.62 bits per heavy atom. The van der Waals surface area contributed by atoms with E-state index in [-0.39, 0.29) is 16.9 Å². The van der Waals surface area contributed by atoms with Crippen LogP contribution in [0.15, 0.2) is 29.4 Å². The first-order valence-corrected chi connectivity index (χ1v) is 7.91. The Morgan fingerprint density at radius 1 is 1.19 bits per heavy atom. The molecule has 3 aromatic rings. The standard InChI is InChI=1S/C12H12N6O2S/c1-7-4-3-5-8(6-7)9-14-11-16-12(21(2,19)20)15-10(13)18(11)17-9/h3-6H,1-2H3,(H2,13,14,15,16,17). The number of aromatic nitrogens is 5. The van der Waals surface area contributed by atoms with Crippen molar-refractivity contribution in [3.05, 3.63) is 29.8 Å². The average Bonchev–Trinajstić information content (AvgIpc) is 2.82. The van der Waals surface area contributed by atoms with E-state index in [0.717, 1.165) is 17.4 Å². The molecule has 0 atom stereocenters. The van der Waals surface area contributed by atoms with Crippen molar-refractivity contribution in [3.8, 4) is 11.4 Å². The minimum Gasteiger partial charge on any atom is -0.368 e. The fraction of sp³-hybridized carbons (Fsp3) is 0.167. The van der Waals surface area contributed by atoms with Crippen LogP contribution in [0.25, 0.3) is 17.2 Å². The molecule has 2 aromatic heterocycles. The first kappa shape index (κ1) is 13.4. The monoisotopic (exact) mass is 304 g/mol. The zero-order valence-electron chi connectivity index (χ0n) is 11.3. The Bertz CT molecular complexity index is 948. The SMILES string of the molecule is Cc1cccc(-c2nc3nc(S(C)(=O)=O)nc(N)n3n2)c1. The number of aryl methyl sites for hydroxylation is 1. The first-order valence-electron chi connectivity index (χ1n) is 6.02. The van der Waals surface area contributed by atoms with Gasteiger partial charge >= 0.3 is 0 Å². The van der Waals surface area contributed by atoms with Crippen molar-refractivity contribution in [1.29, 1.82) is 0 Å². The summed E-state index contributed by atoms with van der Waals surface area (Å²) in [5.41, 5.74) is 7.57. The molecule has 0 bridgehead atoms. The van der Waals surface area contributed by atoms with Crippen LogP contribution >= 0.6 is 0 Å². The van der Waals surface area contributed by atoms with Gasteiger partial charge in [0.15, 0.2) is 5.82 Å². The van der Waals surface area contributed by atoms with Gasteiger partial charge in [0.1, 0.15) is 0 Å². The van der Waals surface area contributed by atoms with Crippen LogP contribution in [0.4, 0.5) is 5.95 Å². The molecule has 108 valence electrons. The summed E-state index contributed by atoms with van der Waals surface area (Å²) in [4.78, 5) is 11.8. The third-order valence-corrected chi connectivity index (χ3v) is 3.67. The summed E-state index contributed by atoms with van der Waals surface area (Å²) in [7, 11) is -3.56. The topological polar surface area (TPSA) is 116 Å². The molecule has 0 aliphatic carbocycles. The molecular weight excluding hydrogens is 292 g/mol. The van der Waals surface area contributed by atoms with Crippen LogP contribution in [0.2, 0.25) is 0 Å². The van der Waals surface area contributed by atoms with E-state index in [4.69, 9.17) is 5.73 Å². The number of nitrogens with zero attached hydrogens (tertiary/aromatic N) is 5. The van der Waals surface area contributed by atoms with Gasteiger partial charge in [-0.15, -0.1) is 5.10 Å². The van der Waals surface area contributed by atoms with Gasteiger partial charge < -0.3 is 5.73 Å². The van der Waals surface area contributed by atoms with Crippen molar-refractivity contribution in [2.24, 2.45) is 0 Å². The first-order chi connectivity index (χ1) is 9.84. The second-order valence-electron chi connectivity index (χ2n) is 4.65. The average molecular weight is 304 g/mol. The van der Waals surface area contributed by atoms with Crippen LogP contribution < -0.4 is 5.73 Å². The number of benzene rings is 1. The van der Waals surface area contributed by atoms with Crippen molar-refractivity contribution in [1.82, 2.24) is 24.6 Å². The minimum atomic E-state index is -3.56. The second kappa shape index (κ2) is 4.48. The second-order valence-corrected chi connectivity index (χ2v) is 6.56. The lowest BCUT2D eigenvalue weighted by molar-refractivity contribution is 0.592. The Kier molecular flexibility index (Phi) is 2.87. The molecule has 0 fully saturated rings. The molecule has 2 N–H and O–H groups in total. The normalized spacial score (nSPS) is 11.9. The predicted molar refractivity (Wildman–Crippen MR) is 76.3 cm³/mol. The highest BCUT2D eigenvalue weighted by atomic mass is 32.2. The Labute approximate surface area is 120 Å². The lowest BCUT2D eigenvalue weighted by Crippen LogP contribution is -2.11. The Hall–Kier alpha value is -2.55. The molecule has 9 heteroatoms. The van der Waals surface area contributed by atoms with Gasteiger partial charge in [-0.25, -0.2) is 8.42 Å². The summed E-state index contributed by atoms with van der Waals surface area (Å²) in [6.07, 6.45) is 1.01. The van der Waals surface area contributed by atoms with E-state index in [1.165, 1.54) is 4.52 Å². The molecule has 0 radical (unpaired) electrons. The van der Waals surface area contributed by atoms with Gasteiger partial charge in [0.05, 0.1) is 0 Å². The maximum atomic E-state index is 11.5. The summed E-state index contributed by atoms with van der Waals surface area (Å²) in [5.74, 6) is 0.427. The maximum Gasteiger partial charge on any atom is 0.258 e. The predicted octanol–water partition coefficient (Wildman–Crippen LogP) is 0.480. The van der Waals surface area contributed by atoms with Crippen molar-refractivity contribution in [2.45, 2.75) is 12.1 Å². The summed E-state index contributed by atoms with van der Waals surface area (Å²) >= 11 is 0. The lowest BCUT2D eigenvalue weighted by Gasteiger charge is -1.99. The number of hydrogen-bond donors (Lipinski definition) is 1. The molecule has 0 amide bonds. The molecule has 0 saturated carbocycles. The van der Waals surface area contributed by atoms with Crippen LogP contribution in [0, 0.1) is 6.92 Å². The molecule has 8 nitrogen and oxygen atoms in total. The fourth-order valence-electron chi connectivity index (χ4n) is 1.86. The zero-order chi connectivity index (χ0) is 15.2. The van der Waals surface area contributed by atoms with E-state index in [2.05, 4.69) is 20.1 Å². The van der Waals surface area contributed by atoms with E-state index in [1.807, 2.05) is 31.2 Å². The smallest absolute Gasteiger partial charge is 0.258 e. The molecule has 0 unspecified atom stereocenters. The third-order valence-electron chi connectivity index (χ3n) is 2.82. The number of sulfone groups is 1.